The molecule has 1 aromatic rings. The van der Waals surface area contributed by atoms with Gasteiger partial charge >= 0.3 is 0 Å². The molecule has 3 nitrogen and oxygen atoms in total. The summed E-state index contributed by atoms with van der Waals surface area (Å²) < 4.78 is 0. The number of hydrogen-bond donors (Lipinski definition) is 0. The molecule has 0 aromatic heterocycles. The van der Waals surface area contributed by atoms with Gasteiger partial charge in [0, 0.05) is 25.6 Å². The minimum Gasteiger partial charge on any atom is -0.330 e. The van der Waals surface area contributed by atoms with Crippen LogP contribution in [-0.4, -0.2) is 29.6 Å². The molecule has 2 heterocycles. The normalized spacial score (nSPS) is 25.8. The van der Waals surface area contributed by atoms with E-state index in [1.54, 1.807) is 0 Å². The van der Waals surface area contributed by atoms with E-state index in [9.17, 15) is 4.79 Å². The Kier molecular flexibility index (Phi) is 2.06. The van der Waals surface area contributed by atoms with Gasteiger partial charge in [-0.2, -0.15) is 0 Å². The van der Waals surface area contributed by atoms with E-state index in [0.717, 1.165) is 18.7 Å². The zero-order chi connectivity index (χ0) is 11.1. The van der Waals surface area contributed by atoms with E-state index in [2.05, 4.69) is 17.1 Å². The smallest absolute Gasteiger partial charge is 0.223 e. The summed E-state index contributed by atoms with van der Waals surface area (Å²) in [6.07, 6.45) is 1.58. The summed E-state index contributed by atoms with van der Waals surface area (Å²) in [5, 5.41) is 0. The molecule has 1 fully saturated rings. The van der Waals surface area contributed by atoms with Crippen molar-refractivity contribution in [2.45, 2.75) is 25.4 Å². The summed E-state index contributed by atoms with van der Waals surface area (Å²) >= 11 is 0. The molecule has 0 aliphatic carbocycles. The van der Waals surface area contributed by atoms with Crippen LogP contribution in [0.4, 0.5) is 0 Å². The molecule has 1 saturated heterocycles. The van der Waals surface area contributed by atoms with Crippen molar-refractivity contribution in [3.8, 4) is 0 Å². The first-order valence-corrected chi connectivity index (χ1v) is 5.65. The number of carbonyl (C=O) groups excluding carboxylic acids is 1. The number of fused-ring (bicyclic) bond motifs is 2. The van der Waals surface area contributed by atoms with Crippen molar-refractivity contribution in [2.75, 3.05) is 7.05 Å². The van der Waals surface area contributed by atoms with Crippen molar-refractivity contribution in [3.05, 3.63) is 35.4 Å². The highest BCUT2D eigenvalue weighted by molar-refractivity contribution is 6.09. The third-order valence-corrected chi connectivity index (χ3v) is 3.52. The molecule has 0 bridgehead atoms. The van der Waals surface area contributed by atoms with Crippen LogP contribution >= 0.6 is 0 Å². The lowest BCUT2D eigenvalue weighted by molar-refractivity contribution is -0.128. The zero-order valence-corrected chi connectivity index (χ0v) is 9.31. The van der Waals surface area contributed by atoms with Crippen LogP contribution in [0, 0.1) is 0 Å². The van der Waals surface area contributed by atoms with Crippen LogP contribution in [0.2, 0.25) is 0 Å². The number of nitrogens with zero attached hydrogens (tertiary/aromatic N) is 2. The molecule has 16 heavy (non-hydrogen) atoms. The fraction of sp³-hybridized carbons (Fsp3) is 0.385. The highest BCUT2D eigenvalue weighted by Crippen LogP contribution is 2.31. The molecule has 3 heteroatoms. The van der Waals surface area contributed by atoms with Gasteiger partial charge in [0.2, 0.25) is 5.91 Å². The Morgan fingerprint density at radius 2 is 2.19 bits per heavy atom. The molecule has 0 radical (unpaired) electrons. The van der Waals surface area contributed by atoms with Gasteiger partial charge in [-0.05, 0) is 12.0 Å². The van der Waals surface area contributed by atoms with Gasteiger partial charge in [0.1, 0.15) is 0 Å². The Bertz CT molecular complexity index is 479. The Labute approximate surface area is 94.8 Å². The van der Waals surface area contributed by atoms with Crippen LogP contribution in [0.3, 0.4) is 0 Å². The van der Waals surface area contributed by atoms with E-state index in [1.807, 2.05) is 24.1 Å². The minimum absolute atomic E-state index is 0.215. The third-order valence-electron chi connectivity index (χ3n) is 3.52. The predicted octanol–water partition coefficient (Wildman–Crippen LogP) is 1.61. The van der Waals surface area contributed by atoms with Gasteiger partial charge < -0.3 is 4.90 Å². The summed E-state index contributed by atoms with van der Waals surface area (Å²) in [4.78, 5) is 18.1. The van der Waals surface area contributed by atoms with Crippen molar-refractivity contribution >= 4 is 11.6 Å². The van der Waals surface area contributed by atoms with Gasteiger partial charge in [-0.15, -0.1) is 0 Å². The molecule has 0 spiro atoms. The van der Waals surface area contributed by atoms with E-state index in [-0.39, 0.29) is 11.9 Å². The second kappa shape index (κ2) is 3.44. The fourth-order valence-corrected chi connectivity index (χ4v) is 2.76. The Hall–Kier alpha value is -1.64. The van der Waals surface area contributed by atoms with Gasteiger partial charge in [0.05, 0.1) is 11.8 Å². The summed E-state index contributed by atoms with van der Waals surface area (Å²) in [6.45, 7) is 0.749. The van der Waals surface area contributed by atoms with E-state index in [4.69, 9.17) is 0 Å². The first kappa shape index (κ1) is 9.58. The van der Waals surface area contributed by atoms with Gasteiger partial charge in [-0.1, -0.05) is 24.3 Å². The first-order valence-electron chi connectivity index (χ1n) is 5.65. The van der Waals surface area contributed by atoms with Crippen LogP contribution in [0.5, 0.6) is 0 Å². The molecular formula is C13H14N2O. The molecular weight excluding hydrogens is 200 g/mol. The molecule has 3 rings (SSSR count). The van der Waals surface area contributed by atoms with Gasteiger partial charge in [0.25, 0.3) is 0 Å². The highest BCUT2D eigenvalue weighted by Gasteiger charge is 2.38. The largest absolute Gasteiger partial charge is 0.330 e. The van der Waals surface area contributed by atoms with Crippen molar-refractivity contribution < 1.29 is 4.79 Å². The van der Waals surface area contributed by atoms with Crippen LogP contribution in [0.25, 0.3) is 0 Å². The monoisotopic (exact) mass is 214 g/mol. The van der Waals surface area contributed by atoms with Crippen LogP contribution in [0.1, 0.15) is 24.0 Å². The molecule has 0 saturated carbocycles. The third kappa shape index (κ3) is 1.21. The molecule has 1 unspecified atom stereocenters. The topological polar surface area (TPSA) is 32.7 Å². The predicted molar refractivity (Wildman–Crippen MR) is 62.5 cm³/mol. The SMILES string of the molecule is C/N=C1\c2ccccc2CN2C(=O)CCC12. The minimum atomic E-state index is 0.215. The second-order valence-electron chi connectivity index (χ2n) is 4.34. The standard InChI is InChI=1S/C13H14N2O/c1-14-13-10-5-3-2-4-9(10)8-15-11(13)6-7-12(15)16/h2-5,11H,6-8H2,1H3/b14-13+. The average molecular weight is 214 g/mol. The second-order valence-corrected chi connectivity index (χ2v) is 4.34. The van der Waals surface area contributed by atoms with E-state index in [0.29, 0.717) is 6.42 Å². The number of rotatable bonds is 0. The number of aliphatic imine (C=N–C) groups is 1. The van der Waals surface area contributed by atoms with Crippen LogP contribution < -0.4 is 0 Å². The summed E-state index contributed by atoms with van der Waals surface area (Å²) in [6, 6.07) is 8.47. The van der Waals surface area contributed by atoms with E-state index in [1.165, 1.54) is 11.1 Å². The van der Waals surface area contributed by atoms with Crippen LogP contribution in [-0.2, 0) is 11.3 Å². The lowest BCUT2D eigenvalue weighted by Crippen LogP contribution is -2.42. The zero-order valence-electron chi connectivity index (χ0n) is 9.31. The fourth-order valence-electron chi connectivity index (χ4n) is 2.76. The quantitative estimate of drug-likeness (QED) is 0.645. The van der Waals surface area contributed by atoms with Gasteiger partial charge in [0.15, 0.2) is 0 Å². The number of carbonyl (C=O) groups is 1. The number of hydrogen-bond acceptors (Lipinski definition) is 2. The maximum absolute atomic E-state index is 11.8. The number of benzene rings is 1. The van der Waals surface area contributed by atoms with Crippen molar-refractivity contribution in [2.24, 2.45) is 4.99 Å². The molecule has 2 aliphatic rings. The molecule has 82 valence electrons. The molecule has 1 amide bonds. The molecule has 0 N–H and O–H groups in total. The van der Waals surface area contributed by atoms with E-state index < -0.39 is 0 Å². The van der Waals surface area contributed by atoms with Crippen molar-refractivity contribution in [1.82, 2.24) is 4.90 Å². The molecule has 2 aliphatic heterocycles. The maximum atomic E-state index is 11.8. The Morgan fingerprint density at radius 1 is 1.38 bits per heavy atom. The summed E-state index contributed by atoms with van der Waals surface area (Å²) in [5.74, 6) is 0.264. The molecule has 1 aromatic carbocycles. The van der Waals surface area contributed by atoms with Crippen molar-refractivity contribution in [3.63, 3.8) is 0 Å². The van der Waals surface area contributed by atoms with E-state index >= 15 is 0 Å². The number of amides is 1. The first-order chi connectivity index (χ1) is 7.81. The average Bonchev–Trinajstić information content (AvgIpc) is 2.68. The van der Waals surface area contributed by atoms with Gasteiger partial charge in [-0.25, -0.2) is 0 Å². The highest BCUT2D eigenvalue weighted by atomic mass is 16.2. The maximum Gasteiger partial charge on any atom is 0.223 e. The summed E-state index contributed by atoms with van der Waals surface area (Å²) in [5.41, 5.74) is 3.52. The summed E-state index contributed by atoms with van der Waals surface area (Å²) in [7, 11) is 1.82. The van der Waals surface area contributed by atoms with Crippen LogP contribution in [0.15, 0.2) is 29.3 Å². The molecule has 1 atom stereocenters. The lowest BCUT2D eigenvalue weighted by atomic mass is 9.92. The van der Waals surface area contributed by atoms with Crippen molar-refractivity contribution in [1.29, 1.82) is 0 Å². The van der Waals surface area contributed by atoms with Gasteiger partial charge in [-0.3, -0.25) is 9.79 Å². The lowest BCUT2D eigenvalue weighted by Gasteiger charge is -2.32. The Balaban J connectivity index is 2.13. The Morgan fingerprint density at radius 3 is 3.00 bits per heavy atom.